The fraction of sp³-hybridized carbons (Fsp3) is 0.514. The summed E-state index contributed by atoms with van der Waals surface area (Å²) in [6.45, 7) is -0.487. The summed E-state index contributed by atoms with van der Waals surface area (Å²) in [5.41, 5.74) is 3.37. The van der Waals surface area contributed by atoms with Crippen LogP contribution in [-0.4, -0.2) is 118 Å². The van der Waals surface area contributed by atoms with E-state index in [1.807, 2.05) is 48.7 Å². The number of amides is 1. The molecule has 52 heavy (non-hydrogen) atoms. The predicted molar refractivity (Wildman–Crippen MR) is 198 cm³/mol. The third-order valence-electron chi connectivity index (χ3n) is 9.14. The Morgan fingerprint density at radius 3 is 2.46 bits per heavy atom. The number of carbonyl (C=O) groups excluding carboxylic acids is 1. The minimum Gasteiger partial charge on any atom is -0.490 e. The van der Waals surface area contributed by atoms with Crippen molar-refractivity contribution in [3.05, 3.63) is 77.1 Å². The van der Waals surface area contributed by atoms with E-state index < -0.39 is 52.4 Å². The van der Waals surface area contributed by atoms with E-state index in [9.17, 15) is 33.6 Å². The molecule has 0 unspecified atom stereocenters. The van der Waals surface area contributed by atoms with Gasteiger partial charge in [-0.15, -0.1) is 11.8 Å². The average Bonchev–Trinajstić information content (AvgIpc) is 4.08. The van der Waals surface area contributed by atoms with Gasteiger partial charge in [0.05, 0.1) is 30.7 Å². The van der Waals surface area contributed by atoms with Crippen LogP contribution >= 0.6 is 23.4 Å². The van der Waals surface area contributed by atoms with E-state index in [-0.39, 0.29) is 38.0 Å². The Hall–Kier alpha value is -2.79. The van der Waals surface area contributed by atoms with Gasteiger partial charge in [-0.2, -0.15) is 0 Å². The maximum absolute atomic E-state index is 13.1. The van der Waals surface area contributed by atoms with Gasteiger partial charge in [-0.3, -0.25) is 9.78 Å². The number of thioether (sulfide) groups is 1. The highest BCUT2D eigenvalue weighted by Crippen LogP contribution is 2.53. The summed E-state index contributed by atoms with van der Waals surface area (Å²) >= 11 is 8.15. The van der Waals surface area contributed by atoms with Gasteiger partial charge in [0.15, 0.2) is 6.10 Å². The third-order valence-corrected chi connectivity index (χ3v) is 11.6. The van der Waals surface area contributed by atoms with Crippen LogP contribution in [0.25, 0.3) is 11.1 Å². The molecule has 12 nitrogen and oxygen atoms in total. The maximum atomic E-state index is 13.1. The van der Waals surface area contributed by atoms with Gasteiger partial charge in [-0.25, -0.2) is 8.42 Å². The van der Waals surface area contributed by atoms with Crippen molar-refractivity contribution in [3.8, 4) is 16.9 Å². The van der Waals surface area contributed by atoms with E-state index in [0.717, 1.165) is 64.8 Å². The number of hydrogen-bond acceptors (Lipinski definition) is 12. The molecule has 1 aromatic heterocycles. The van der Waals surface area contributed by atoms with E-state index in [1.54, 1.807) is 6.20 Å². The third kappa shape index (κ3) is 10.9. The minimum atomic E-state index is -3.31. The molecule has 3 aromatic rings. The zero-order valence-electron chi connectivity index (χ0n) is 29.0. The van der Waals surface area contributed by atoms with Crippen molar-refractivity contribution < 1.29 is 48.2 Å². The number of sulfone groups is 1. The van der Waals surface area contributed by atoms with Crippen molar-refractivity contribution in [1.82, 2.24) is 9.88 Å². The number of nitrogens with zero attached hydrogens (tertiary/aromatic N) is 2. The zero-order valence-corrected chi connectivity index (χ0v) is 31.4. The number of rotatable bonds is 21. The lowest BCUT2D eigenvalue weighted by Gasteiger charge is -2.30. The van der Waals surface area contributed by atoms with Crippen molar-refractivity contribution in [2.45, 2.75) is 86.1 Å². The van der Waals surface area contributed by atoms with Gasteiger partial charge in [-0.1, -0.05) is 29.8 Å². The van der Waals surface area contributed by atoms with Crippen LogP contribution in [0.3, 0.4) is 0 Å². The second-order valence-corrected chi connectivity index (χ2v) is 17.3. The Kier molecular flexibility index (Phi) is 14.0. The van der Waals surface area contributed by atoms with Crippen LogP contribution in [0, 0.1) is 0 Å². The Bertz CT molecular complexity index is 1770. The fourth-order valence-electron chi connectivity index (χ4n) is 5.87. The lowest BCUT2D eigenvalue weighted by atomic mass is 9.96. The van der Waals surface area contributed by atoms with Gasteiger partial charge in [0.2, 0.25) is 0 Å². The Morgan fingerprint density at radius 2 is 1.77 bits per heavy atom. The van der Waals surface area contributed by atoms with Crippen molar-refractivity contribution in [2.24, 2.45) is 0 Å². The molecule has 0 aliphatic heterocycles. The number of carbonyl (C=O) groups is 1. The Balaban J connectivity index is 1.20. The first kappa shape index (κ1) is 40.4. The topological polar surface area (TPSA) is 187 Å². The van der Waals surface area contributed by atoms with Crippen LogP contribution in [-0.2, 0) is 31.6 Å². The molecule has 2 fully saturated rings. The Morgan fingerprint density at radius 1 is 1.04 bits per heavy atom. The summed E-state index contributed by atoms with van der Waals surface area (Å²) < 4.78 is 36.2. The van der Waals surface area contributed by atoms with Crippen molar-refractivity contribution in [3.63, 3.8) is 0 Å². The van der Waals surface area contributed by atoms with Gasteiger partial charge < -0.3 is 39.9 Å². The molecule has 15 heteroatoms. The van der Waals surface area contributed by atoms with Crippen molar-refractivity contribution in [2.75, 3.05) is 37.5 Å². The van der Waals surface area contributed by atoms with Crippen LogP contribution in [0.5, 0.6) is 5.75 Å². The molecule has 0 saturated heterocycles. The van der Waals surface area contributed by atoms with Gasteiger partial charge in [0.25, 0.3) is 5.91 Å². The molecule has 4 atom stereocenters. The number of hydrogen-bond donors (Lipinski definition) is 5. The van der Waals surface area contributed by atoms with Gasteiger partial charge >= 0.3 is 0 Å². The molecular weight excluding hydrogens is 732 g/mol. The molecule has 2 saturated carbocycles. The monoisotopic (exact) mass is 778 g/mol. The number of aliphatic hydroxyl groups excluding tert-OH is 5. The number of benzene rings is 2. The number of aromatic nitrogens is 1. The lowest BCUT2D eigenvalue weighted by molar-refractivity contribution is -0.158. The fourth-order valence-corrected chi connectivity index (χ4v) is 7.60. The van der Waals surface area contributed by atoms with Gasteiger partial charge in [0, 0.05) is 52.8 Å². The summed E-state index contributed by atoms with van der Waals surface area (Å²) in [5, 5.41) is 50.0. The minimum absolute atomic E-state index is 0.0129. The second kappa shape index (κ2) is 18.0. The van der Waals surface area contributed by atoms with Crippen LogP contribution in [0.4, 0.5) is 0 Å². The van der Waals surface area contributed by atoms with Crippen LogP contribution in [0.1, 0.15) is 49.7 Å². The number of ether oxygens (including phenoxy) is 2. The molecule has 2 aromatic carbocycles. The van der Waals surface area contributed by atoms with Crippen LogP contribution < -0.4 is 4.74 Å². The van der Waals surface area contributed by atoms with E-state index >= 15 is 0 Å². The van der Waals surface area contributed by atoms with Crippen LogP contribution in [0.2, 0.25) is 5.02 Å². The number of halogens is 1. The molecule has 5 rings (SSSR count). The molecule has 2 aliphatic rings. The molecule has 2 aliphatic carbocycles. The number of aliphatic hydroxyl groups is 5. The zero-order chi connectivity index (χ0) is 37.5. The molecule has 0 radical (unpaired) electrons. The molecule has 1 heterocycles. The summed E-state index contributed by atoms with van der Waals surface area (Å²) in [6, 6.07) is 15.7. The molecule has 1 amide bonds. The van der Waals surface area contributed by atoms with E-state index in [2.05, 4.69) is 11.1 Å². The summed E-state index contributed by atoms with van der Waals surface area (Å²) in [4.78, 5) is 19.7. The lowest BCUT2D eigenvalue weighted by Crippen LogP contribution is -2.53. The normalized spacial score (nSPS) is 17.6. The van der Waals surface area contributed by atoms with Gasteiger partial charge in [-0.05, 0) is 85.7 Å². The smallest absolute Gasteiger partial charge is 0.254 e. The summed E-state index contributed by atoms with van der Waals surface area (Å²) in [7, 11) is -3.31. The summed E-state index contributed by atoms with van der Waals surface area (Å²) in [5.74, 6) is 0.295. The first-order valence-electron chi connectivity index (χ1n) is 17.4. The highest BCUT2D eigenvalue weighted by atomic mass is 35.5. The van der Waals surface area contributed by atoms with Crippen LogP contribution in [0.15, 0.2) is 65.8 Å². The average molecular weight is 779 g/mol. The van der Waals surface area contributed by atoms with E-state index in [1.165, 1.54) is 16.7 Å². The first-order valence-corrected chi connectivity index (χ1v) is 20.8. The maximum Gasteiger partial charge on any atom is 0.254 e. The number of pyridine rings is 1. The van der Waals surface area contributed by atoms with E-state index in [0.29, 0.717) is 17.2 Å². The Labute approximate surface area is 313 Å². The quantitative estimate of drug-likeness (QED) is 0.0786. The molecule has 284 valence electrons. The standard InChI is InChI=1S/C37H47ClN2O10S2/c1-52(47,48)19-5-17-40(36(46)35(45)34(44)33(43)31(42)22-41)16-4-18-51-26-10-11-30(38)24(20-26)23-49-37(13-14-37)29-21-39-15-12-27(29)28-6-2-3-7-32(28)50-25-8-9-25/h2-3,6-7,10-12,15,20-21,25,31,33-35,41-45H,4-5,8-9,13-14,16-19,22-23H2,1H3/t31-,33+,34-,35-/m0/s1. The molecule has 5 N–H and O–H groups in total. The number of para-hydroxylation sites is 1. The highest BCUT2D eigenvalue weighted by molar-refractivity contribution is 7.99. The summed E-state index contributed by atoms with van der Waals surface area (Å²) in [6.07, 6.45) is 1.48. The predicted octanol–water partition coefficient (Wildman–Crippen LogP) is 3.33. The second-order valence-electron chi connectivity index (χ2n) is 13.5. The van der Waals surface area contributed by atoms with Gasteiger partial charge in [0.1, 0.15) is 33.9 Å². The SMILES string of the molecule is CS(=O)(=O)CCCN(CCCSc1ccc(Cl)c(COC2(c3cnccc3-c3ccccc3OC3CC3)CC2)c1)C(=O)[C@@H](O)[C@@H](O)[C@H](O)[C@@H](O)CO. The largest absolute Gasteiger partial charge is 0.490 e. The van der Waals surface area contributed by atoms with Crippen molar-refractivity contribution in [1.29, 1.82) is 0 Å². The molecule has 0 spiro atoms. The first-order chi connectivity index (χ1) is 24.8. The van der Waals surface area contributed by atoms with Crippen molar-refractivity contribution >= 4 is 39.1 Å². The molecular formula is C37H47ClN2O10S2. The molecule has 0 bridgehead atoms. The van der Waals surface area contributed by atoms with E-state index in [4.69, 9.17) is 26.2 Å². The highest BCUT2D eigenvalue weighted by Gasteiger charge is 2.48.